The van der Waals surface area contributed by atoms with E-state index < -0.39 is 21.7 Å². The van der Waals surface area contributed by atoms with Crippen molar-refractivity contribution >= 4 is 27.6 Å². The molecule has 41 heavy (non-hydrogen) atoms. The van der Waals surface area contributed by atoms with Crippen LogP contribution in [0.3, 0.4) is 0 Å². The van der Waals surface area contributed by atoms with E-state index in [1.807, 2.05) is 0 Å². The Morgan fingerprint density at radius 2 is 1.61 bits per heavy atom. The summed E-state index contributed by atoms with van der Waals surface area (Å²) in [5.41, 5.74) is 1.09. The molecule has 8 nitrogen and oxygen atoms in total. The van der Waals surface area contributed by atoms with Gasteiger partial charge in [-0.3, -0.25) is 14.3 Å². The van der Waals surface area contributed by atoms with Gasteiger partial charge >= 0.3 is 5.97 Å². The minimum absolute atomic E-state index is 0.0170. The average molecular weight is 587 g/mol. The van der Waals surface area contributed by atoms with Gasteiger partial charge in [0, 0.05) is 36.3 Å². The zero-order valence-electron chi connectivity index (χ0n) is 22.9. The molecule has 3 aromatic rings. The van der Waals surface area contributed by atoms with Crippen LogP contribution in [-0.4, -0.2) is 52.0 Å². The SMILES string of the molecule is CCOC(=O)C1CCN(C(=O)Cc2ccc(NS(=O)(=O)c3cccc(Cc4c(F)cccc4F)c3OC)cc2)CC1. The largest absolute Gasteiger partial charge is 0.495 e. The smallest absolute Gasteiger partial charge is 0.309 e. The first-order valence-electron chi connectivity index (χ1n) is 13.3. The van der Waals surface area contributed by atoms with Crippen molar-refractivity contribution in [1.29, 1.82) is 0 Å². The van der Waals surface area contributed by atoms with Gasteiger partial charge in [-0.2, -0.15) is 0 Å². The summed E-state index contributed by atoms with van der Waals surface area (Å²) in [6.07, 6.45) is 1.06. The molecule has 1 aliphatic rings. The molecule has 1 fully saturated rings. The summed E-state index contributed by atoms with van der Waals surface area (Å²) in [5.74, 6) is -1.98. The van der Waals surface area contributed by atoms with E-state index in [2.05, 4.69) is 4.72 Å². The number of nitrogens with zero attached hydrogens (tertiary/aromatic N) is 1. The summed E-state index contributed by atoms with van der Waals surface area (Å²) in [7, 11) is -2.84. The lowest BCUT2D eigenvalue weighted by Crippen LogP contribution is -2.41. The second-order valence-corrected chi connectivity index (χ2v) is 11.4. The van der Waals surface area contributed by atoms with Gasteiger partial charge in [-0.25, -0.2) is 17.2 Å². The number of carbonyl (C=O) groups excluding carboxylic acids is 2. The third kappa shape index (κ3) is 7.21. The molecule has 0 saturated carbocycles. The van der Waals surface area contributed by atoms with Gasteiger partial charge in [0.15, 0.2) is 0 Å². The Labute approximate surface area is 238 Å². The number of amides is 1. The minimum atomic E-state index is -4.14. The minimum Gasteiger partial charge on any atom is -0.495 e. The van der Waals surface area contributed by atoms with E-state index in [0.29, 0.717) is 43.7 Å². The molecule has 1 amide bonds. The fourth-order valence-electron chi connectivity index (χ4n) is 4.85. The number of hydrogen-bond donors (Lipinski definition) is 1. The van der Waals surface area contributed by atoms with Gasteiger partial charge < -0.3 is 14.4 Å². The number of anilines is 1. The molecule has 0 bridgehead atoms. The van der Waals surface area contributed by atoms with E-state index in [0.717, 1.165) is 12.1 Å². The quantitative estimate of drug-likeness (QED) is 0.346. The second kappa shape index (κ2) is 13.1. The average Bonchev–Trinajstić information content (AvgIpc) is 2.96. The third-order valence-electron chi connectivity index (χ3n) is 7.01. The van der Waals surface area contributed by atoms with Crippen LogP contribution in [-0.2, 0) is 37.2 Å². The number of sulfonamides is 1. The van der Waals surface area contributed by atoms with Crippen molar-refractivity contribution in [3.8, 4) is 5.75 Å². The fraction of sp³-hybridized carbons (Fsp3) is 0.333. The van der Waals surface area contributed by atoms with Crippen molar-refractivity contribution in [2.24, 2.45) is 5.92 Å². The summed E-state index contributed by atoms with van der Waals surface area (Å²) in [5, 5.41) is 0. The van der Waals surface area contributed by atoms with E-state index in [1.54, 1.807) is 42.2 Å². The van der Waals surface area contributed by atoms with Crippen molar-refractivity contribution in [2.45, 2.75) is 37.5 Å². The zero-order valence-corrected chi connectivity index (χ0v) is 23.7. The van der Waals surface area contributed by atoms with Gasteiger partial charge in [0.1, 0.15) is 22.3 Å². The summed E-state index contributed by atoms with van der Waals surface area (Å²) < 4.78 is 67.9. The number of likely N-dealkylation sites (tertiary alicyclic amines) is 1. The van der Waals surface area contributed by atoms with Gasteiger partial charge in [-0.05, 0) is 55.7 Å². The predicted octanol–water partition coefficient (Wildman–Crippen LogP) is 4.71. The molecule has 1 N–H and O–H groups in total. The lowest BCUT2D eigenvalue weighted by Gasteiger charge is -2.31. The highest BCUT2D eigenvalue weighted by atomic mass is 32.2. The van der Waals surface area contributed by atoms with Crippen molar-refractivity contribution in [3.05, 3.63) is 89.0 Å². The number of nitrogens with one attached hydrogen (secondary N) is 1. The van der Waals surface area contributed by atoms with Crippen molar-refractivity contribution in [2.75, 3.05) is 31.5 Å². The van der Waals surface area contributed by atoms with Crippen LogP contribution in [0.15, 0.2) is 65.6 Å². The Kier molecular flexibility index (Phi) is 9.59. The molecule has 4 rings (SSSR count). The maximum absolute atomic E-state index is 14.2. The standard InChI is InChI=1S/C30H32F2N2O6S/c1-3-40-30(36)21-14-16-34(17-15-21)28(35)18-20-10-12-23(13-11-20)33-41(37,38)27-9-4-6-22(29(27)39-2)19-24-25(31)7-5-8-26(24)32/h4-13,21,33H,3,14-19H2,1-2H3. The molecule has 1 heterocycles. The Bertz CT molecular complexity index is 1480. The van der Waals surface area contributed by atoms with Crippen molar-refractivity contribution in [3.63, 3.8) is 0 Å². The molecule has 3 aromatic carbocycles. The van der Waals surface area contributed by atoms with Crippen LogP contribution in [0, 0.1) is 17.6 Å². The van der Waals surface area contributed by atoms with Crippen molar-refractivity contribution in [1.82, 2.24) is 4.90 Å². The van der Waals surface area contributed by atoms with E-state index in [-0.39, 0.29) is 52.5 Å². The number of para-hydroxylation sites is 1. The number of hydrogen-bond acceptors (Lipinski definition) is 6. The lowest BCUT2D eigenvalue weighted by atomic mass is 9.96. The Hall–Kier alpha value is -3.99. The van der Waals surface area contributed by atoms with E-state index in [4.69, 9.17) is 9.47 Å². The van der Waals surface area contributed by atoms with Gasteiger partial charge in [0.05, 0.1) is 26.1 Å². The number of benzene rings is 3. The monoisotopic (exact) mass is 586 g/mol. The highest BCUT2D eigenvalue weighted by Gasteiger charge is 2.28. The van der Waals surface area contributed by atoms with Crippen LogP contribution >= 0.6 is 0 Å². The zero-order chi connectivity index (χ0) is 29.6. The Morgan fingerprint density at radius 1 is 0.976 bits per heavy atom. The molecule has 0 radical (unpaired) electrons. The first kappa shape index (κ1) is 30.0. The van der Waals surface area contributed by atoms with Crippen LogP contribution in [0.4, 0.5) is 14.5 Å². The third-order valence-corrected chi connectivity index (χ3v) is 8.42. The second-order valence-electron chi connectivity index (χ2n) is 9.71. The van der Waals surface area contributed by atoms with Gasteiger partial charge in [0.25, 0.3) is 10.0 Å². The fourth-order valence-corrected chi connectivity index (χ4v) is 6.12. The summed E-state index contributed by atoms with van der Waals surface area (Å²) >= 11 is 0. The lowest BCUT2D eigenvalue weighted by molar-refractivity contribution is -0.151. The molecule has 218 valence electrons. The van der Waals surface area contributed by atoms with Crippen LogP contribution < -0.4 is 9.46 Å². The first-order valence-corrected chi connectivity index (χ1v) is 14.8. The number of methoxy groups -OCH3 is 1. The van der Waals surface area contributed by atoms with E-state index in [1.165, 1.54) is 25.3 Å². The highest BCUT2D eigenvalue weighted by Crippen LogP contribution is 2.32. The summed E-state index contributed by atoms with van der Waals surface area (Å²) in [4.78, 5) is 26.3. The molecule has 1 aliphatic heterocycles. The molecule has 11 heteroatoms. The molecule has 0 aromatic heterocycles. The molecular weight excluding hydrogens is 554 g/mol. The molecular formula is C30H32F2N2O6S. The number of piperidine rings is 1. The van der Waals surface area contributed by atoms with E-state index >= 15 is 0 Å². The van der Waals surface area contributed by atoms with E-state index in [9.17, 15) is 26.8 Å². The van der Waals surface area contributed by atoms with Crippen LogP contribution in [0.25, 0.3) is 0 Å². The molecule has 0 aliphatic carbocycles. The number of rotatable bonds is 10. The highest BCUT2D eigenvalue weighted by molar-refractivity contribution is 7.92. The van der Waals surface area contributed by atoms with Crippen molar-refractivity contribution < 1.29 is 36.3 Å². The summed E-state index contributed by atoms with van der Waals surface area (Å²) in [6.45, 7) is 3.05. The molecule has 0 unspecified atom stereocenters. The van der Waals surface area contributed by atoms with Gasteiger partial charge in [-0.1, -0.05) is 30.3 Å². The van der Waals surface area contributed by atoms with Crippen LogP contribution in [0.1, 0.15) is 36.5 Å². The number of halogens is 2. The maximum Gasteiger partial charge on any atom is 0.309 e. The maximum atomic E-state index is 14.2. The normalized spacial score (nSPS) is 14.0. The summed E-state index contributed by atoms with van der Waals surface area (Å²) in [6, 6.07) is 14.3. The predicted molar refractivity (Wildman–Crippen MR) is 149 cm³/mol. The molecule has 1 saturated heterocycles. The number of ether oxygens (including phenoxy) is 2. The van der Waals surface area contributed by atoms with Crippen LogP contribution in [0.5, 0.6) is 5.75 Å². The Balaban J connectivity index is 1.42. The number of carbonyl (C=O) groups is 2. The number of esters is 1. The van der Waals surface area contributed by atoms with Gasteiger partial charge in [0.2, 0.25) is 5.91 Å². The van der Waals surface area contributed by atoms with Gasteiger partial charge in [-0.15, -0.1) is 0 Å². The Morgan fingerprint density at radius 3 is 2.22 bits per heavy atom. The molecule has 0 spiro atoms. The topological polar surface area (TPSA) is 102 Å². The van der Waals surface area contributed by atoms with Crippen LogP contribution in [0.2, 0.25) is 0 Å². The molecule has 0 atom stereocenters. The first-order chi connectivity index (χ1) is 19.6.